The zero-order valence-electron chi connectivity index (χ0n) is 10.5. The summed E-state index contributed by atoms with van der Waals surface area (Å²) < 4.78 is 0. The fourth-order valence-corrected chi connectivity index (χ4v) is 1.52. The van der Waals surface area contributed by atoms with E-state index in [-0.39, 0.29) is 0 Å². The molecule has 17 heavy (non-hydrogen) atoms. The molecule has 0 aliphatic carbocycles. The number of hydrogen-bond donors (Lipinski definition) is 3. The molecule has 0 saturated heterocycles. The quantitative estimate of drug-likeness (QED) is 0.717. The van der Waals surface area contributed by atoms with Crippen molar-refractivity contribution in [2.75, 3.05) is 0 Å². The van der Waals surface area contributed by atoms with Crippen molar-refractivity contribution >= 4 is 5.91 Å². The maximum Gasteiger partial charge on any atom is 0.250 e. The molecule has 1 aromatic carbocycles. The summed E-state index contributed by atoms with van der Waals surface area (Å²) in [6, 6.07) is 5.50. The lowest BCUT2D eigenvalue weighted by Crippen LogP contribution is -2.44. The van der Waals surface area contributed by atoms with E-state index in [0.717, 1.165) is 16.7 Å². The Kier molecular flexibility index (Phi) is 4.66. The van der Waals surface area contributed by atoms with E-state index in [0.29, 0.717) is 6.54 Å². The first-order valence-corrected chi connectivity index (χ1v) is 5.69. The third kappa shape index (κ3) is 3.84. The Labute approximate surface area is 102 Å². The lowest BCUT2D eigenvalue weighted by Gasteiger charge is -2.15. The zero-order valence-corrected chi connectivity index (χ0v) is 10.5. The van der Waals surface area contributed by atoms with Crippen molar-refractivity contribution in [2.45, 2.75) is 39.5 Å². The normalized spacial score (nSPS) is 14.2. The van der Waals surface area contributed by atoms with E-state index in [1.807, 2.05) is 32.0 Å². The average molecular weight is 236 g/mol. The highest BCUT2D eigenvalue weighted by molar-refractivity contribution is 5.81. The van der Waals surface area contributed by atoms with Crippen molar-refractivity contribution in [3.8, 4) is 0 Å². The Morgan fingerprint density at radius 3 is 2.71 bits per heavy atom. The van der Waals surface area contributed by atoms with Crippen LogP contribution in [-0.2, 0) is 11.3 Å². The molecule has 0 unspecified atom stereocenters. The van der Waals surface area contributed by atoms with Crippen LogP contribution in [0.5, 0.6) is 0 Å². The van der Waals surface area contributed by atoms with Gasteiger partial charge in [-0.2, -0.15) is 0 Å². The van der Waals surface area contributed by atoms with Gasteiger partial charge in [0, 0.05) is 12.6 Å². The fourth-order valence-electron chi connectivity index (χ4n) is 1.52. The third-order valence-corrected chi connectivity index (χ3v) is 2.72. The van der Waals surface area contributed by atoms with Gasteiger partial charge in [-0.25, -0.2) is 0 Å². The van der Waals surface area contributed by atoms with Crippen LogP contribution in [0.1, 0.15) is 23.6 Å². The van der Waals surface area contributed by atoms with Crippen LogP contribution in [0.2, 0.25) is 0 Å². The lowest BCUT2D eigenvalue weighted by atomic mass is 10.1. The molecule has 1 amide bonds. The molecule has 2 atom stereocenters. The number of nitrogens with one attached hydrogen (secondary N) is 1. The second kappa shape index (κ2) is 5.80. The Morgan fingerprint density at radius 2 is 2.12 bits per heavy atom. The Bertz CT molecular complexity index is 402. The molecule has 0 aromatic heterocycles. The molecule has 0 fully saturated rings. The molecule has 4 nitrogen and oxygen atoms in total. The number of benzene rings is 1. The van der Waals surface area contributed by atoms with Gasteiger partial charge in [-0.05, 0) is 31.9 Å². The van der Waals surface area contributed by atoms with E-state index in [2.05, 4.69) is 5.32 Å². The molecule has 0 aliphatic heterocycles. The van der Waals surface area contributed by atoms with Crippen LogP contribution < -0.4 is 11.1 Å². The highest BCUT2D eigenvalue weighted by Gasteiger charge is 2.18. The Hall–Kier alpha value is -1.39. The minimum atomic E-state index is -1.15. The predicted octanol–water partition coefficient (Wildman–Crippen LogP) is 0.628. The summed E-state index contributed by atoms with van der Waals surface area (Å²) in [6.07, 6.45) is -1.15. The lowest BCUT2D eigenvalue weighted by molar-refractivity contribution is -0.130. The first-order chi connectivity index (χ1) is 7.91. The summed E-state index contributed by atoms with van der Waals surface area (Å²) in [4.78, 5) is 11.5. The number of nitrogens with two attached hydrogens (primary N) is 1. The van der Waals surface area contributed by atoms with Crippen LogP contribution in [-0.4, -0.2) is 23.2 Å². The SMILES string of the molecule is Cc1ccc(C)c(CNC(=O)[C@H](O)[C@H](C)N)c1. The van der Waals surface area contributed by atoms with E-state index in [9.17, 15) is 9.90 Å². The number of rotatable bonds is 4. The van der Waals surface area contributed by atoms with Crippen molar-refractivity contribution in [1.82, 2.24) is 5.32 Å². The molecule has 1 rings (SSSR count). The van der Waals surface area contributed by atoms with E-state index in [1.54, 1.807) is 6.92 Å². The van der Waals surface area contributed by atoms with Gasteiger partial charge >= 0.3 is 0 Å². The zero-order chi connectivity index (χ0) is 13.0. The molecule has 0 saturated carbocycles. The van der Waals surface area contributed by atoms with Crippen LogP contribution in [0.4, 0.5) is 0 Å². The number of hydrogen-bond acceptors (Lipinski definition) is 3. The molecule has 94 valence electrons. The van der Waals surface area contributed by atoms with Gasteiger partial charge in [0.05, 0.1) is 0 Å². The van der Waals surface area contributed by atoms with Gasteiger partial charge in [0.2, 0.25) is 0 Å². The van der Waals surface area contributed by atoms with Crippen molar-refractivity contribution in [2.24, 2.45) is 5.73 Å². The number of aliphatic hydroxyl groups is 1. The van der Waals surface area contributed by atoms with Gasteiger partial charge in [0.15, 0.2) is 0 Å². The maximum atomic E-state index is 11.5. The molecule has 1 aromatic rings. The highest BCUT2D eigenvalue weighted by atomic mass is 16.3. The molecule has 0 heterocycles. The van der Waals surface area contributed by atoms with Crippen LogP contribution in [0.15, 0.2) is 18.2 Å². The van der Waals surface area contributed by atoms with Crippen molar-refractivity contribution in [3.05, 3.63) is 34.9 Å². The molecule has 0 aliphatic rings. The molecule has 4 N–H and O–H groups in total. The fraction of sp³-hybridized carbons (Fsp3) is 0.462. The van der Waals surface area contributed by atoms with Crippen LogP contribution in [0.25, 0.3) is 0 Å². The van der Waals surface area contributed by atoms with Gasteiger partial charge in [-0.3, -0.25) is 4.79 Å². The van der Waals surface area contributed by atoms with Crippen LogP contribution in [0, 0.1) is 13.8 Å². The summed E-state index contributed by atoms with van der Waals surface area (Å²) in [6.45, 7) is 6.00. The molecular weight excluding hydrogens is 216 g/mol. The summed E-state index contributed by atoms with van der Waals surface area (Å²) in [5.41, 5.74) is 8.76. The van der Waals surface area contributed by atoms with Crippen LogP contribution in [0.3, 0.4) is 0 Å². The molecule has 0 spiro atoms. The first-order valence-electron chi connectivity index (χ1n) is 5.69. The highest BCUT2D eigenvalue weighted by Crippen LogP contribution is 2.10. The van der Waals surface area contributed by atoms with Crippen molar-refractivity contribution in [3.63, 3.8) is 0 Å². The summed E-state index contributed by atoms with van der Waals surface area (Å²) >= 11 is 0. The number of aryl methyl sites for hydroxylation is 2. The first kappa shape index (κ1) is 13.7. The topological polar surface area (TPSA) is 75.3 Å². The number of amides is 1. The number of aliphatic hydroxyl groups excluding tert-OH is 1. The van der Waals surface area contributed by atoms with E-state index in [1.165, 1.54) is 0 Å². The summed E-state index contributed by atoms with van der Waals surface area (Å²) in [5.74, 6) is -0.430. The summed E-state index contributed by atoms with van der Waals surface area (Å²) in [7, 11) is 0. The molecule has 4 heteroatoms. The van der Waals surface area contributed by atoms with Gasteiger partial charge < -0.3 is 16.2 Å². The second-order valence-corrected chi connectivity index (χ2v) is 4.45. The smallest absolute Gasteiger partial charge is 0.250 e. The van der Waals surface area contributed by atoms with Gasteiger partial charge in [-0.15, -0.1) is 0 Å². The molecule has 0 radical (unpaired) electrons. The van der Waals surface area contributed by atoms with Gasteiger partial charge in [0.1, 0.15) is 6.10 Å². The van der Waals surface area contributed by atoms with E-state index in [4.69, 9.17) is 5.73 Å². The summed E-state index contributed by atoms with van der Waals surface area (Å²) in [5, 5.41) is 12.1. The van der Waals surface area contributed by atoms with Crippen LogP contribution >= 0.6 is 0 Å². The van der Waals surface area contributed by atoms with E-state index >= 15 is 0 Å². The average Bonchev–Trinajstić information content (AvgIpc) is 2.28. The Morgan fingerprint density at radius 1 is 1.47 bits per heavy atom. The number of carbonyl (C=O) groups is 1. The minimum Gasteiger partial charge on any atom is -0.382 e. The van der Waals surface area contributed by atoms with Gasteiger partial charge in [0.25, 0.3) is 5.91 Å². The standard InChI is InChI=1S/C13H20N2O2/c1-8-4-5-9(2)11(6-8)7-15-13(17)12(16)10(3)14/h4-6,10,12,16H,7,14H2,1-3H3,(H,15,17)/t10-,12+/m0/s1. The molecular formula is C13H20N2O2. The largest absolute Gasteiger partial charge is 0.382 e. The van der Waals surface area contributed by atoms with Gasteiger partial charge in [-0.1, -0.05) is 23.8 Å². The minimum absolute atomic E-state index is 0.413. The third-order valence-electron chi connectivity index (χ3n) is 2.72. The monoisotopic (exact) mass is 236 g/mol. The van der Waals surface area contributed by atoms with E-state index < -0.39 is 18.1 Å². The second-order valence-electron chi connectivity index (χ2n) is 4.45. The molecule has 0 bridgehead atoms. The number of carbonyl (C=O) groups excluding carboxylic acids is 1. The predicted molar refractivity (Wildman–Crippen MR) is 67.4 cm³/mol. The maximum absolute atomic E-state index is 11.5. The Balaban J connectivity index is 2.61. The van der Waals surface area contributed by atoms with Crippen molar-refractivity contribution < 1.29 is 9.90 Å². The van der Waals surface area contributed by atoms with Crippen molar-refractivity contribution in [1.29, 1.82) is 0 Å².